The van der Waals surface area contributed by atoms with Gasteiger partial charge in [0.05, 0.1) is 0 Å². The second-order valence-electron chi connectivity index (χ2n) is 5.80. The fourth-order valence-electron chi connectivity index (χ4n) is 2.93. The van der Waals surface area contributed by atoms with Gasteiger partial charge in [-0.1, -0.05) is 26.0 Å². The summed E-state index contributed by atoms with van der Waals surface area (Å²) in [5.41, 5.74) is 0.419. The molecule has 1 fully saturated rings. The minimum Gasteiger partial charge on any atom is -0.490 e. The topological polar surface area (TPSA) is 58.6 Å². The van der Waals surface area contributed by atoms with Crippen molar-refractivity contribution < 1.29 is 14.6 Å². The normalized spacial score (nSPS) is 25.0. The summed E-state index contributed by atoms with van der Waals surface area (Å²) in [4.78, 5) is 11.6. The molecular weight excluding hydrogens is 266 g/mol. The SMILES string of the molecule is CCCNC1(C(=O)O)CCC(Oc2cccc(CC)c2)C1. The van der Waals surface area contributed by atoms with Crippen LogP contribution < -0.4 is 10.1 Å². The van der Waals surface area contributed by atoms with Gasteiger partial charge in [0.15, 0.2) is 0 Å². The van der Waals surface area contributed by atoms with E-state index < -0.39 is 11.5 Å². The fraction of sp³-hybridized carbons (Fsp3) is 0.588. The molecule has 0 saturated heterocycles. The molecule has 2 N–H and O–H groups in total. The first kappa shape index (κ1) is 15.8. The zero-order valence-electron chi connectivity index (χ0n) is 12.9. The largest absolute Gasteiger partial charge is 0.490 e. The third-order valence-electron chi connectivity index (χ3n) is 4.20. The lowest BCUT2D eigenvalue weighted by atomic mass is 9.97. The van der Waals surface area contributed by atoms with Crippen LogP contribution in [-0.2, 0) is 11.2 Å². The van der Waals surface area contributed by atoms with Gasteiger partial charge in [-0.3, -0.25) is 4.79 Å². The Morgan fingerprint density at radius 3 is 2.95 bits per heavy atom. The van der Waals surface area contributed by atoms with Gasteiger partial charge in [-0.05, 0) is 49.9 Å². The molecule has 2 rings (SSSR count). The molecule has 1 aliphatic carbocycles. The molecule has 0 aromatic heterocycles. The lowest BCUT2D eigenvalue weighted by Crippen LogP contribution is -2.50. The smallest absolute Gasteiger partial charge is 0.324 e. The highest BCUT2D eigenvalue weighted by molar-refractivity contribution is 5.79. The number of hydrogen-bond donors (Lipinski definition) is 2. The van der Waals surface area contributed by atoms with E-state index in [1.807, 2.05) is 25.1 Å². The summed E-state index contributed by atoms with van der Waals surface area (Å²) in [6.45, 7) is 4.88. The van der Waals surface area contributed by atoms with Gasteiger partial charge < -0.3 is 15.2 Å². The summed E-state index contributed by atoms with van der Waals surface area (Å²) >= 11 is 0. The summed E-state index contributed by atoms with van der Waals surface area (Å²) < 4.78 is 6.00. The van der Waals surface area contributed by atoms with Crippen molar-refractivity contribution in [1.29, 1.82) is 0 Å². The Hall–Kier alpha value is -1.55. The highest BCUT2D eigenvalue weighted by Gasteiger charge is 2.46. The number of carboxylic acids is 1. The molecular formula is C17H25NO3. The number of aryl methyl sites for hydroxylation is 1. The summed E-state index contributed by atoms with van der Waals surface area (Å²) in [7, 11) is 0. The van der Waals surface area contributed by atoms with Crippen LogP contribution in [0.25, 0.3) is 0 Å². The van der Waals surface area contributed by atoms with Crippen molar-refractivity contribution in [2.24, 2.45) is 0 Å². The van der Waals surface area contributed by atoms with Gasteiger partial charge >= 0.3 is 5.97 Å². The maximum atomic E-state index is 11.6. The van der Waals surface area contributed by atoms with Crippen molar-refractivity contribution in [3.05, 3.63) is 29.8 Å². The third-order valence-corrected chi connectivity index (χ3v) is 4.20. The van der Waals surface area contributed by atoms with E-state index in [9.17, 15) is 9.90 Å². The molecule has 4 nitrogen and oxygen atoms in total. The fourth-order valence-corrected chi connectivity index (χ4v) is 2.93. The second-order valence-corrected chi connectivity index (χ2v) is 5.80. The first-order valence-electron chi connectivity index (χ1n) is 7.83. The molecule has 21 heavy (non-hydrogen) atoms. The van der Waals surface area contributed by atoms with Gasteiger partial charge in [-0.25, -0.2) is 0 Å². The molecule has 0 bridgehead atoms. The van der Waals surface area contributed by atoms with Crippen LogP contribution in [0.5, 0.6) is 5.75 Å². The monoisotopic (exact) mass is 291 g/mol. The molecule has 0 radical (unpaired) electrons. The Kier molecular flexibility index (Phi) is 5.23. The van der Waals surface area contributed by atoms with Crippen LogP contribution in [-0.4, -0.2) is 29.3 Å². The molecule has 1 aliphatic rings. The van der Waals surface area contributed by atoms with E-state index in [-0.39, 0.29) is 6.10 Å². The molecule has 0 aliphatic heterocycles. The van der Waals surface area contributed by atoms with E-state index in [1.54, 1.807) is 0 Å². The van der Waals surface area contributed by atoms with Crippen LogP contribution >= 0.6 is 0 Å². The number of nitrogens with one attached hydrogen (secondary N) is 1. The van der Waals surface area contributed by atoms with Gasteiger partial charge in [0, 0.05) is 6.42 Å². The summed E-state index contributed by atoms with van der Waals surface area (Å²) in [6, 6.07) is 8.05. The maximum Gasteiger partial charge on any atom is 0.324 e. The standard InChI is InChI=1S/C17H25NO3/c1-3-10-18-17(16(19)20)9-8-15(12-17)21-14-7-5-6-13(4-2)11-14/h5-7,11,15,18H,3-4,8-10,12H2,1-2H3,(H,19,20). The Morgan fingerprint density at radius 1 is 1.48 bits per heavy atom. The minimum absolute atomic E-state index is 0.0300. The number of rotatable bonds is 7. The Balaban J connectivity index is 2.01. The van der Waals surface area contributed by atoms with Crippen molar-refractivity contribution in [1.82, 2.24) is 5.32 Å². The second kappa shape index (κ2) is 6.94. The van der Waals surface area contributed by atoms with E-state index in [2.05, 4.69) is 18.3 Å². The number of benzene rings is 1. The van der Waals surface area contributed by atoms with Gasteiger partial charge in [-0.2, -0.15) is 0 Å². The van der Waals surface area contributed by atoms with E-state index in [4.69, 9.17) is 4.74 Å². The Labute approximate surface area is 126 Å². The molecule has 2 unspecified atom stereocenters. The molecule has 0 heterocycles. The number of carbonyl (C=O) groups is 1. The summed E-state index contributed by atoms with van der Waals surface area (Å²) in [5.74, 6) is 0.0837. The van der Waals surface area contributed by atoms with Crippen molar-refractivity contribution in [2.45, 2.75) is 57.6 Å². The first-order valence-corrected chi connectivity index (χ1v) is 7.83. The summed E-state index contributed by atoms with van der Waals surface area (Å²) in [5, 5.41) is 12.7. The molecule has 2 atom stereocenters. The molecule has 1 saturated carbocycles. The van der Waals surface area contributed by atoms with Gasteiger partial charge in [0.1, 0.15) is 17.4 Å². The minimum atomic E-state index is -0.816. The van der Waals surface area contributed by atoms with Crippen molar-refractivity contribution >= 4 is 5.97 Å². The number of ether oxygens (including phenoxy) is 1. The van der Waals surface area contributed by atoms with Crippen LogP contribution in [0.3, 0.4) is 0 Å². The molecule has 0 spiro atoms. The van der Waals surface area contributed by atoms with E-state index in [0.717, 1.165) is 31.6 Å². The number of hydrogen-bond acceptors (Lipinski definition) is 3. The highest BCUT2D eigenvalue weighted by atomic mass is 16.5. The number of carboxylic acid groups (broad SMARTS) is 1. The average molecular weight is 291 g/mol. The number of aliphatic carboxylic acids is 1. The molecule has 4 heteroatoms. The van der Waals surface area contributed by atoms with Gasteiger partial charge in [0.25, 0.3) is 0 Å². The lowest BCUT2D eigenvalue weighted by molar-refractivity contribution is -0.144. The van der Waals surface area contributed by atoms with Crippen LogP contribution in [0, 0.1) is 0 Å². The predicted octanol–water partition coefficient (Wildman–Crippen LogP) is 3.00. The average Bonchev–Trinajstić information content (AvgIpc) is 2.90. The highest BCUT2D eigenvalue weighted by Crippen LogP contribution is 2.33. The third kappa shape index (κ3) is 3.76. The molecule has 0 amide bonds. The van der Waals surface area contributed by atoms with Crippen LogP contribution in [0.15, 0.2) is 24.3 Å². The zero-order chi connectivity index (χ0) is 15.3. The first-order chi connectivity index (χ1) is 10.1. The zero-order valence-corrected chi connectivity index (χ0v) is 12.9. The van der Waals surface area contributed by atoms with Gasteiger partial charge in [-0.15, -0.1) is 0 Å². The Morgan fingerprint density at radius 2 is 2.29 bits per heavy atom. The predicted molar refractivity (Wildman–Crippen MR) is 82.7 cm³/mol. The maximum absolute atomic E-state index is 11.6. The van der Waals surface area contributed by atoms with Crippen LogP contribution in [0.4, 0.5) is 0 Å². The van der Waals surface area contributed by atoms with Gasteiger partial charge in [0.2, 0.25) is 0 Å². The van der Waals surface area contributed by atoms with Crippen molar-refractivity contribution in [2.75, 3.05) is 6.54 Å². The van der Waals surface area contributed by atoms with E-state index >= 15 is 0 Å². The van der Waals surface area contributed by atoms with Crippen molar-refractivity contribution in [3.8, 4) is 5.75 Å². The lowest BCUT2D eigenvalue weighted by Gasteiger charge is -2.25. The molecule has 116 valence electrons. The van der Waals surface area contributed by atoms with E-state index in [1.165, 1.54) is 5.56 Å². The molecule has 1 aromatic rings. The quantitative estimate of drug-likeness (QED) is 0.811. The van der Waals surface area contributed by atoms with E-state index in [0.29, 0.717) is 12.8 Å². The molecule has 1 aromatic carbocycles. The van der Waals surface area contributed by atoms with Crippen LogP contribution in [0.2, 0.25) is 0 Å². The Bertz CT molecular complexity index is 489. The van der Waals surface area contributed by atoms with Crippen LogP contribution in [0.1, 0.15) is 45.1 Å². The van der Waals surface area contributed by atoms with Crippen molar-refractivity contribution in [3.63, 3.8) is 0 Å². The summed E-state index contributed by atoms with van der Waals surface area (Å²) in [6.07, 6.45) is 3.80.